The summed E-state index contributed by atoms with van der Waals surface area (Å²) < 4.78 is 34.5. The van der Waals surface area contributed by atoms with E-state index in [1.807, 2.05) is 91.0 Å². The van der Waals surface area contributed by atoms with E-state index in [4.69, 9.17) is 28.4 Å². The van der Waals surface area contributed by atoms with Gasteiger partial charge in [-0.1, -0.05) is 24.3 Å². The zero-order valence-corrected chi connectivity index (χ0v) is 32.4. The molecular weight excluding hydrogens is 713 g/mol. The number of fused-ring (bicyclic) bond motifs is 2. The van der Waals surface area contributed by atoms with E-state index in [1.54, 1.807) is 39.4 Å². The fraction of sp³-hybridized carbons (Fsp3) is 0.318. The fourth-order valence-electron chi connectivity index (χ4n) is 7.39. The molecule has 1 unspecified atom stereocenters. The molecule has 3 heterocycles. The van der Waals surface area contributed by atoms with Crippen molar-refractivity contribution in [1.29, 1.82) is 0 Å². The van der Waals surface area contributed by atoms with Gasteiger partial charge in [0.2, 0.25) is 6.41 Å². The number of nitrogens with one attached hydrogen (secondary N) is 2. The summed E-state index contributed by atoms with van der Waals surface area (Å²) in [5, 5.41) is 7.01. The molecule has 0 aromatic heterocycles. The van der Waals surface area contributed by atoms with Crippen LogP contribution in [0, 0.1) is 6.92 Å². The Kier molecular flexibility index (Phi) is 11.5. The molecule has 12 nitrogen and oxygen atoms in total. The summed E-state index contributed by atoms with van der Waals surface area (Å²) in [6.07, 6.45) is 6.74. The molecule has 2 atom stereocenters. The van der Waals surface area contributed by atoms with Gasteiger partial charge in [0.05, 0.1) is 65.0 Å². The van der Waals surface area contributed by atoms with E-state index in [0.717, 1.165) is 57.9 Å². The van der Waals surface area contributed by atoms with Gasteiger partial charge in [-0.3, -0.25) is 9.59 Å². The van der Waals surface area contributed by atoms with Crippen LogP contribution in [0.2, 0.25) is 0 Å². The standard InChI is InChI=1S/C44H48N4O8/c1-28-15-40(53-4)42(21-38(28)45-23-33-16-31(25-47(33)27-49)29-9-6-11-35(18-29)51-2)55-13-8-14-56-43-22-39-37(20-41(43)54-5)44(50)48-26-32(17-34(48)24-46-39)30-10-7-12-36(19-30)52-3/h6-7,9-12,15,18-22,25-27,33-34,45-46H,8,13-14,16-17,23-24H2,1-5H3/t33?,34-/m0/s1. The first-order valence-electron chi connectivity index (χ1n) is 18.7. The molecule has 3 aliphatic rings. The monoisotopic (exact) mass is 760 g/mol. The van der Waals surface area contributed by atoms with Crippen LogP contribution in [0.1, 0.15) is 46.3 Å². The number of carbonyl (C=O) groups is 2. The van der Waals surface area contributed by atoms with Crippen molar-refractivity contribution < 1.29 is 38.0 Å². The summed E-state index contributed by atoms with van der Waals surface area (Å²) in [7, 11) is 6.48. The Bertz CT molecular complexity index is 2150. The molecule has 0 aliphatic carbocycles. The highest BCUT2D eigenvalue weighted by Gasteiger charge is 2.35. The van der Waals surface area contributed by atoms with Gasteiger partial charge in [0.15, 0.2) is 23.0 Å². The minimum atomic E-state index is -0.0917. The Morgan fingerprint density at radius 1 is 0.768 bits per heavy atom. The second-order valence-corrected chi connectivity index (χ2v) is 13.9. The molecule has 2 amide bonds. The summed E-state index contributed by atoms with van der Waals surface area (Å²) in [6, 6.07) is 23.2. The number of amides is 2. The molecule has 0 fully saturated rings. The van der Waals surface area contributed by atoms with Crippen LogP contribution in [0.4, 0.5) is 11.4 Å². The molecule has 0 saturated heterocycles. The lowest BCUT2D eigenvalue weighted by Crippen LogP contribution is -2.34. The molecule has 292 valence electrons. The number of hydrogen-bond donors (Lipinski definition) is 2. The first-order valence-corrected chi connectivity index (χ1v) is 18.7. The molecule has 12 heteroatoms. The van der Waals surface area contributed by atoms with Gasteiger partial charge in [0.1, 0.15) is 11.5 Å². The molecular formula is C44H48N4O8. The zero-order chi connectivity index (χ0) is 39.2. The molecule has 7 rings (SSSR count). The van der Waals surface area contributed by atoms with Crippen molar-refractivity contribution >= 4 is 34.8 Å². The van der Waals surface area contributed by atoms with Crippen LogP contribution in [0.5, 0.6) is 34.5 Å². The number of ether oxygens (including phenoxy) is 6. The summed E-state index contributed by atoms with van der Waals surface area (Å²) in [6.45, 7) is 3.87. The average Bonchev–Trinajstić information content (AvgIpc) is 3.84. The van der Waals surface area contributed by atoms with Gasteiger partial charge >= 0.3 is 0 Å². The Morgan fingerprint density at radius 2 is 1.41 bits per heavy atom. The third-order valence-corrected chi connectivity index (χ3v) is 10.5. The van der Waals surface area contributed by atoms with Gasteiger partial charge < -0.3 is 48.9 Å². The average molecular weight is 761 g/mol. The van der Waals surface area contributed by atoms with E-state index in [-0.39, 0.29) is 18.0 Å². The van der Waals surface area contributed by atoms with Crippen molar-refractivity contribution in [2.75, 3.05) is 65.4 Å². The Hall–Kier alpha value is -6.30. The summed E-state index contributed by atoms with van der Waals surface area (Å²) >= 11 is 0. The van der Waals surface area contributed by atoms with Gasteiger partial charge in [-0.25, -0.2) is 0 Å². The minimum Gasteiger partial charge on any atom is -0.497 e. The number of aryl methyl sites for hydroxylation is 1. The number of anilines is 2. The van der Waals surface area contributed by atoms with Crippen LogP contribution in [0.3, 0.4) is 0 Å². The number of carbonyl (C=O) groups excluding carboxylic acids is 2. The van der Waals surface area contributed by atoms with Gasteiger partial charge in [-0.2, -0.15) is 0 Å². The number of hydrogen-bond acceptors (Lipinski definition) is 10. The first kappa shape index (κ1) is 38.0. The smallest absolute Gasteiger partial charge is 0.260 e. The molecule has 0 saturated carbocycles. The largest absolute Gasteiger partial charge is 0.497 e. The van der Waals surface area contributed by atoms with Gasteiger partial charge in [-0.15, -0.1) is 0 Å². The molecule has 0 bridgehead atoms. The number of benzene rings is 4. The minimum absolute atomic E-state index is 0.0265. The lowest BCUT2D eigenvalue weighted by molar-refractivity contribution is -0.116. The van der Waals surface area contributed by atoms with Crippen LogP contribution < -0.4 is 39.1 Å². The molecule has 56 heavy (non-hydrogen) atoms. The first-order chi connectivity index (χ1) is 27.3. The molecule has 2 N–H and O–H groups in total. The van der Waals surface area contributed by atoms with E-state index in [1.165, 1.54) is 0 Å². The van der Waals surface area contributed by atoms with E-state index in [9.17, 15) is 9.59 Å². The lowest BCUT2D eigenvalue weighted by atomic mass is 10.0. The van der Waals surface area contributed by atoms with Crippen LogP contribution >= 0.6 is 0 Å². The quantitative estimate of drug-likeness (QED) is 0.0894. The molecule has 3 aliphatic heterocycles. The predicted octanol–water partition coefficient (Wildman–Crippen LogP) is 7.24. The van der Waals surface area contributed by atoms with Gasteiger partial charge in [0, 0.05) is 49.7 Å². The molecule has 0 spiro atoms. The third kappa shape index (κ3) is 8.05. The van der Waals surface area contributed by atoms with Crippen molar-refractivity contribution in [3.05, 3.63) is 107 Å². The van der Waals surface area contributed by atoms with Crippen LogP contribution in [-0.2, 0) is 4.79 Å². The van der Waals surface area contributed by atoms with E-state index in [2.05, 4.69) is 10.6 Å². The maximum absolute atomic E-state index is 13.8. The highest BCUT2D eigenvalue weighted by molar-refractivity contribution is 6.03. The highest BCUT2D eigenvalue weighted by Crippen LogP contribution is 2.40. The predicted molar refractivity (Wildman–Crippen MR) is 216 cm³/mol. The van der Waals surface area contributed by atoms with Gasteiger partial charge in [0.25, 0.3) is 5.91 Å². The summed E-state index contributed by atoms with van der Waals surface area (Å²) in [4.78, 5) is 29.3. The second-order valence-electron chi connectivity index (χ2n) is 13.9. The van der Waals surface area contributed by atoms with Crippen LogP contribution in [0.25, 0.3) is 11.1 Å². The topological polar surface area (TPSA) is 120 Å². The number of methoxy groups -OCH3 is 4. The maximum Gasteiger partial charge on any atom is 0.260 e. The lowest BCUT2D eigenvalue weighted by Gasteiger charge is -2.22. The van der Waals surface area contributed by atoms with Crippen molar-refractivity contribution in [3.8, 4) is 34.5 Å². The number of rotatable bonds is 16. The van der Waals surface area contributed by atoms with Crippen LogP contribution in [-0.4, -0.2) is 88.9 Å². The molecule has 4 aromatic rings. The third-order valence-electron chi connectivity index (χ3n) is 10.5. The summed E-state index contributed by atoms with van der Waals surface area (Å²) in [5.74, 6) is 3.71. The number of nitrogens with zero attached hydrogens (tertiary/aromatic N) is 2. The Labute approximate surface area is 327 Å². The van der Waals surface area contributed by atoms with E-state index in [0.29, 0.717) is 73.4 Å². The van der Waals surface area contributed by atoms with E-state index >= 15 is 0 Å². The zero-order valence-electron chi connectivity index (χ0n) is 32.4. The molecule has 0 radical (unpaired) electrons. The van der Waals surface area contributed by atoms with Crippen molar-refractivity contribution in [3.63, 3.8) is 0 Å². The maximum atomic E-state index is 13.8. The van der Waals surface area contributed by atoms with Crippen molar-refractivity contribution in [2.45, 2.75) is 38.3 Å². The fourth-order valence-corrected chi connectivity index (χ4v) is 7.39. The second kappa shape index (κ2) is 17.0. The van der Waals surface area contributed by atoms with Crippen molar-refractivity contribution in [1.82, 2.24) is 9.80 Å². The Morgan fingerprint density at radius 3 is 2.05 bits per heavy atom. The normalized spacial score (nSPS) is 17.1. The summed E-state index contributed by atoms with van der Waals surface area (Å²) in [5.41, 5.74) is 7.35. The molecule has 4 aromatic carbocycles. The van der Waals surface area contributed by atoms with Crippen molar-refractivity contribution in [2.24, 2.45) is 0 Å². The highest BCUT2D eigenvalue weighted by atomic mass is 16.5. The van der Waals surface area contributed by atoms with Crippen LogP contribution in [0.15, 0.2) is 85.2 Å². The van der Waals surface area contributed by atoms with E-state index < -0.39 is 0 Å². The SMILES string of the molecule is COc1cccc(C2=CN(C=O)C(CNc3cc(OCCCOc4cc5c(cc4OC)C(=O)N4C=C(c6cccc(OC)c6)C[C@H]4CN5)c(OC)cc3C)C2)c1. The van der Waals surface area contributed by atoms with Gasteiger partial charge in [-0.05, 0) is 84.0 Å². The Balaban J connectivity index is 0.950.